The maximum absolute atomic E-state index is 12.1. The molecule has 2 aromatic carbocycles. The Morgan fingerprint density at radius 1 is 1.18 bits per heavy atom. The summed E-state index contributed by atoms with van der Waals surface area (Å²) in [6, 6.07) is 13.9. The van der Waals surface area contributed by atoms with E-state index in [1.165, 1.54) is 0 Å². The highest BCUT2D eigenvalue weighted by Gasteiger charge is 2.14. The summed E-state index contributed by atoms with van der Waals surface area (Å²) < 4.78 is 5.08. The fourth-order valence-corrected chi connectivity index (χ4v) is 2.23. The number of amides is 1. The number of carbonyl (C=O) groups is 1. The smallest absolute Gasteiger partial charge is 0.224 e. The molecule has 22 heavy (non-hydrogen) atoms. The third-order valence-corrected chi connectivity index (χ3v) is 3.57. The van der Waals surface area contributed by atoms with E-state index in [1.807, 2.05) is 24.3 Å². The van der Waals surface area contributed by atoms with Gasteiger partial charge >= 0.3 is 0 Å². The van der Waals surface area contributed by atoms with E-state index in [2.05, 4.69) is 5.32 Å². The second-order valence-corrected chi connectivity index (χ2v) is 5.32. The number of aliphatic hydroxyl groups excluding tert-OH is 1. The molecular formula is C17H18ClNO3. The summed E-state index contributed by atoms with van der Waals surface area (Å²) in [4.78, 5) is 12.1. The van der Waals surface area contributed by atoms with Crippen LogP contribution >= 0.6 is 11.6 Å². The Morgan fingerprint density at radius 3 is 2.36 bits per heavy atom. The van der Waals surface area contributed by atoms with Crippen molar-refractivity contribution in [3.63, 3.8) is 0 Å². The molecule has 0 aliphatic carbocycles. The van der Waals surface area contributed by atoms with Crippen LogP contribution in [0.4, 0.5) is 0 Å². The van der Waals surface area contributed by atoms with Crippen LogP contribution in [0.2, 0.25) is 5.02 Å². The topological polar surface area (TPSA) is 58.6 Å². The summed E-state index contributed by atoms with van der Waals surface area (Å²) in [6.07, 6.45) is 0.244. The maximum Gasteiger partial charge on any atom is 0.224 e. The van der Waals surface area contributed by atoms with E-state index in [9.17, 15) is 9.90 Å². The van der Waals surface area contributed by atoms with Crippen LogP contribution in [-0.2, 0) is 11.2 Å². The van der Waals surface area contributed by atoms with Crippen LogP contribution in [0, 0.1) is 0 Å². The number of hydrogen-bond donors (Lipinski definition) is 2. The minimum absolute atomic E-state index is 0.154. The fourth-order valence-electron chi connectivity index (χ4n) is 2.10. The predicted molar refractivity (Wildman–Crippen MR) is 86.1 cm³/mol. The van der Waals surface area contributed by atoms with Crippen molar-refractivity contribution >= 4 is 17.5 Å². The number of benzene rings is 2. The van der Waals surface area contributed by atoms with Gasteiger partial charge in [0.25, 0.3) is 0 Å². The minimum atomic E-state index is -0.442. The Hall–Kier alpha value is -2.04. The Morgan fingerprint density at radius 2 is 1.82 bits per heavy atom. The standard InChI is InChI=1S/C17H18ClNO3/c1-22-15-8-2-12(3-9-15)10-17(21)19-16(11-20)13-4-6-14(18)7-5-13/h2-9,16,20H,10-11H2,1H3,(H,19,21). The van der Waals surface area contributed by atoms with Crippen molar-refractivity contribution < 1.29 is 14.6 Å². The largest absolute Gasteiger partial charge is 0.497 e. The lowest BCUT2D eigenvalue weighted by Gasteiger charge is -2.17. The third kappa shape index (κ3) is 4.48. The SMILES string of the molecule is COc1ccc(CC(=O)NC(CO)c2ccc(Cl)cc2)cc1. The number of ether oxygens (including phenoxy) is 1. The molecule has 0 heterocycles. The second kappa shape index (κ2) is 7.82. The first kappa shape index (κ1) is 16.3. The van der Waals surface area contributed by atoms with E-state index >= 15 is 0 Å². The lowest BCUT2D eigenvalue weighted by Crippen LogP contribution is -2.31. The molecule has 116 valence electrons. The molecule has 1 atom stereocenters. The van der Waals surface area contributed by atoms with Crippen molar-refractivity contribution in [1.29, 1.82) is 0 Å². The fraction of sp³-hybridized carbons (Fsp3) is 0.235. The molecule has 0 bridgehead atoms. The number of rotatable bonds is 6. The van der Waals surface area contributed by atoms with Crippen molar-refractivity contribution in [3.05, 3.63) is 64.7 Å². The first-order valence-electron chi connectivity index (χ1n) is 6.91. The van der Waals surface area contributed by atoms with E-state index in [1.54, 1.807) is 31.4 Å². The summed E-state index contributed by atoms with van der Waals surface area (Å²) in [6.45, 7) is -0.171. The number of halogens is 1. The Kier molecular flexibility index (Phi) is 5.81. The van der Waals surface area contributed by atoms with Gasteiger partial charge in [-0.2, -0.15) is 0 Å². The van der Waals surface area contributed by atoms with Crippen LogP contribution in [0.1, 0.15) is 17.2 Å². The van der Waals surface area contributed by atoms with E-state index in [0.717, 1.165) is 16.9 Å². The molecule has 0 saturated heterocycles. The maximum atomic E-state index is 12.1. The molecule has 0 aromatic heterocycles. The number of carbonyl (C=O) groups excluding carboxylic acids is 1. The first-order chi connectivity index (χ1) is 10.6. The molecule has 4 nitrogen and oxygen atoms in total. The van der Waals surface area contributed by atoms with Gasteiger partial charge in [-0.3, -0.25) is 4.79 Å². The van der Waals surface area contributed by atoms with E-state index in [0.29, 0.717) is 5.02 Å². The van der Waals surface area contributed by atoms with Crippen LogP contribution in [0.3, 0.4) is 0 Å². The lowest BCUT2D eigenvalue weighted by molar-refractivity contribution is -0.121. The van der Waals surface area contributed by atoms with Gasteiger partial charge in [0.05, 0.1) is 26.2 Å². The molecule has 0 spiro atoms. The Balaban J connectivity index is 1.98. The van der Waals surface area contributed by atoms with Gasteiger partial charge in [-0.1, -0.05) is 35.9 Å². The van der Waals surface area contributed by atoms with Crippen LogP contribution in [-0.4, -0.2) is 24.7 Å². The zero-order chi connectivity index (χ0) is 15.9. The second-order valence-electron chi connectivity index (χ2n) is 4.88. The molecule has 1 unspecified atom stereocenters. The van der Waals surface area contributed by atoms with Crippen LogP contribution in [0.5, 0.6) is 5.75 Å². The molecule has 0 aliphatic heterocycles. The van der Waals surface area contributed by atoms with Crippen LogP contribution in [0.25, 0.3) is 0 Å². The van der Waals surface area contributed by atoms with Gasteiger partial charge in [-0.05, 0) is 35.4 Å². The van der Waals surface area contributed by atoms with Gasteiger partial charge in [0, 0.05) is 5.02 Å². The molecular weight excluding hydrogens is 302 g/mol. The van der Waals surface area contributed by atoms with Gasteiger partial charge in [-0.25, -0.2) is 0 Å². The quantitative estimate of drug-likeness (QED) is 0.860. The van der Waals surface area contributed by atoms with Gasteiger partial charge in [0.1, 0.15) is 5.75 Å². The van der Waals surface area contributed by atoms with Crippen molar-refractivity contribution in [2.45, 2.75) is 12.5 Å². The summed E-state index contributed by atoms with van der Waals surface area (Å²) in [7, 11) is 1.60. The molecule has 0 radical (unpaired) electrons. The Labute approximate surface area is 134 Å². The minimum Gasteiger partial charge on any atom is -0.497 e. The zero-order valence-electron chi connectivity index (χ0n) is 12.3. The molecule has 0 fully saturated rings. The predicted octanol–water partition coefficient (Wildman–Crippen LogP) is 2.74. The lowest BCUT2D eigenvalue weighted by atomic mass is 10.1. The summed E-state index contributed by atoms with van der Waals surface area (Å²) >= 11 is 5.84. The molecule has 5 heteroatoms. The molecule has 2 N–H and O–H groups in total. The zero-order valence-corrected chi connectivity index (χ0v) is 13.0. The van der Waals surface area contributed by atoms with Crippen LogP contribution < -0.4 is 10.1 Å². The number of aliphatic hydroxyl groups is 1. The molecule has 1 amide bonds. The van der Waals surface area contributed by atoms with Crippen molar-refractivity contribution in [3.8, 4) is 5.75 Å². The van der Waals surface area contributed by atoms with E-state index in [-0.39, 0.29) is 18.9 Å². The average Bonchev–Trinajstić information content (AvgIpc) is 2.54. The van der Waals surface area contributed by atoms with Gasteiger partial charge in [0.15, 0.2) is 0 Å². The highest BCUT2D eigenvalue weighted by atomic mass is 35.5. The number of hydrogen-bond acceptors (Lipinski definition) is 3. The number of methoxy groups -OCH3 is 1. The monoisotopic (exact) mass is 319 g/mol. The van der Waals surface area contributed by atoms with Gasteiger partial charge in [0.2, 0.25) is 5.91 Å². The van der Waals surface area contributed by atoms with Gasteiger partial charge in [-0.15, -0.1) is 0 Å². The molecule has 0 aliphatic rings. The normalized spacial score (nSPS) is 11.8. The third-order valence-electron chi connectivity index (χ3n) is 3.31. The number of nitrogens with one attached hydrogen (secondary N) is 1. The van der Waals surface area contributed by atoms with E-state index < -0.39 is 6.04 Å². The van der Waals surface area contributed by atoms with Crippen molar-refractivity contribution in [2.75, 3.05) is 13.7 Å². The molecule has 2 rings (SSSR count). The van der Waals surface area contributed by atoms with Crippen molar-refractivity contribution in [2.24, 2.45) is 0 Å². The molecule has 0 saturated carbocycles. The van der Waals surface area contributed by atoms with E-state index in [4.69, 9.17) is 16.3 Å². The van der Waals surface area contributed by atoms with Gasteiger partial charge < -0.3 is 15.2 Å². The molecule has 2 aromatic rings. The highest BCUT2D eigenvalue weighted by Crippen LogP contribution is 2.17. The van der Waals surface area contributed by atoms with Crippen LogP contribution in [0.15, 0.2) is 48.5 Å². The highest BCUT2D eigenvalue weighted by molar-refractivity contribution is 6.30. The summed E-state index contributed by atoms with van der Waals surface area (Å²) in [5, 5.41) is 12.9. The first-order valence-corrected chi connectivity index (χ1v) is 7.29. The summed E-state index contributed by atoms with van der Waals surface area (Å²) in [5.74, 6) is 0.595. The Bertz CT molecular complexity index is 611. The average molecular weight is 320 g/mol. The van der Waals surface area contributed by atoms with Crippen molar-refractivity contribution in [1.82, 2.24) is 5.32 Å². The summed E-state index contributed by atoms with van der Waals surface area (Å²) in [5.41, 5.74) is 1.70.